The van der Waals surface area contributed by atoms with Gasteiger partial charge in [-0.2, -0.15) is 0 Å². The second-order valence-corrected chi connectivity index (χ2v) is 15.5. The molecular weight excluding hydrogens is 818 g/mol. The molecule has 48 heavy (non-hydrogen) atoms. The maximum absolute atomic E-state index is 13.4. The van der Waals surface area contributed by atoms with E-state index in [9.17, 15) is 9.59 Å². The van der Waals surface area contributed by atoms with Crippen molar-refractivity contribution in [2.75, 3.05) is 0 Å². The number of aromatic nitrogens is 2. The minimum absolute atomic E-state index is 0.161. The third kappa shape index (κ3) is 15.1. The van der Waals surface area contributed by atoms with Crippen LogP contribution >= 0.6 is 45.2 Å². The number of hydrogen-bond acceptors (Lipinski definition) is 4. The third-order valence-corrected chi connectivity index (χ3v) is 10.8. The Morgan fingerprint density at radius 2 is 0.708 bits per heavy atom. The van der Waals surface area contributed by atoms with Gasteiger partial charge in [-0.1, -0.05) is 178 Å². The number of carbonyl (C=O) groups is 2. The third-order valence-electron chi connectivity index (χ3n) is 9.31. The summed E-state index contributed by atoms with van der Waals surface area (Å²) in [7, 11) is 0. The van der Waals surface area contributed by atoms with Crippen LogP contribution in [0.5, 0.6) is 0 Å². The van der Waals surface area contributed by atoms with E-state index in [4.69, 9.17) is 0 Å². The minimum atomic E-state index is -0.161. The molecule has 1 heterocycles. The molecule has 0 saturated carbocycles. The van der Waals surface area contributed by atoms with Crippen molar-refractivity contribution < 1.29 is 9.59 Å². The summed E-state index contributed by atoms with van der Waals surface area (Å²) in [5.74, 6) is -0.323. The first-order valence-corrected chi connectivity index (χ1v) is 21.1. The number of carbonyl (C=O) groups excluding carboxylic acids is 2. The Morgan fingerprint density at radius 1 is 0.438 bits per heavy atom. The second kappa shape index (κ2) is 24.5. The number of benzene rings is 2. The van der Waals surface area contributed by atoms with Crippen molar-refractivity contribution in [2.24, 2.45) is 0 Å². The van der Waals surface area contributed by atoms with E-state index in [1.54, 1.807) is 0 Å². The van der Waals surface area contributed by atoms with E-state index < -0.39 is 0 Å². The molecule has 0 radical (unpaired) electrons. The van der Waals surface area contributed by atoms with Crippen molar-refractivity contribution in [3.05, 3.63) is 89.6 Å². The number of hydrogen-bond donors (Lipinski definition) is 0. The predicted molar refractivity (Wildman–Crippen MR) is 218 cm³/mol. The number of rotatable bonds is 26. The van der Waals surface area contributed by atoms with Crippen molar-refractivity contribution in [1.29, 1.82) is 0 Å². The van der Waals surface area contributed by atoms with Gasteiger partial charge in [0.05, 0.1) is 0 Å². The lowest BCUT2D eigenvalue weighted by molar-refractivity contribution is 0.101. The fourth-order valence-electron chi connectivity index (χ4n) is 6.24. The summed E-state index contributed by atoms with van der Waals surface area (Å²) >= 11 is 4.07. The Balaban J connectivity index is 1.43. The van der Waals surface area contributed by atoms with Gasteiger partial charge in [0.1, 0.15) is 18.8 Å². The van der Waals surface area contributed by atoms with E-state index in [1.165, 1.54) is 140 Å². The summed E-state index contributed by atoms with van der Waals surface area (Å²) in [4.78, 5) is 35.9. The van der Waals surface area contributed by atoms with Gasteiger partial charge >= 0.3 is 0 Å². The Morgan fingerprint density at radius 3 is 1.00 bits per heavy atom. The second-order valence-electron chi connectivity index (χ2n) is 13.4. The van der Waals surface area contributed by atoms with Gasteiger partial charge < -0.3 is 0 Å². The number of halogens is 2. The monoisotopic (exact) mass is 876 g/mol. The molecule has 0 aliphatic heterocycles. The van der Waals surface area contributed by atoms with Crippen molar-refractivity contribution >= 4 is 56.7 Å². The van der Waals surface area contributed by atoms with E-state index in [1.807, 2.05) is 69.4 Å². The smallest absolute Gasteiger partial charge is 0.214 e. The molecular formula is C42H58I2N2O2. The molecule has 1 aromatic heterocycles. The first kappa shape index (κ1) is 40.7. The summed E-state index contributed by atoms with van der Waals surface area (Å²) in [6.45, 7) is 4.53. The molecule has 262 valence electrons. The van der Waals surface area contributed by atoms with Crippen LogP contribution in [-0.4, -0.2) is 21.5 Å². The zero-order chi connectivity index (χ0) is 34.4. The van der Waals surface area contributed by atoms with Crippen LogP contribution in [0.25, 0.3) is 0 Å². The van der Waals surface area contributed by atoms with Crippen LogP contribution in [-0.2, 0) is 12.8 Å². The van der Waals surface area contributed by atoms with Gasteiger partial charge in [0.15, 0.2) is 0 Å². The molecule has 0 aliphatic carbocycles. The zero-order valence-corrected chi connectivity index (χ0v) is 34.0. The molecule has 0 amide bonds. The molecule has 0 saturated heterocycles. The van der Waals surface area contributed by atoms with Crippen molar-refractivity contribution in [1.82, 2.24) is 9.97 Å². The summed E-state index contributed by atoms with van der Waals surface area (Å²) in [5, 5.41) is 0. The van der Waals surface area contributed by atoms with E-state index in [-0.39, 0.29) is 11.6 Å². The van der Waals surface area contributed by atoms with E-state index >= 15 is 0 Å². The Hall–Kier alpha value is -1.68. The average Bonchev–Trinajstić information content (AvgIpc) is 3.10. The van der Waals surface area contributed by atoms with Crippen LogP contribution in [0.15, 0.2) is 48.5 Å². The van der Waals surface area contributed by atoms with Crippen LogP contribution in [0.3, 0.4) is 0 Å². The van der Waals surface area contributed by atoms with Crippen LogP contribution in [0.4, 0.5) is 0 Å². The molecule has 0 unspecified atom stereocenters. The summed E-state index contributed by atoms with van der Waals surface area (Å²) in [5.41, 5.74) is 4.31. The van der Waals surface area contributed by atoms with Gasteiger partial charge in [-0.05, 0) is 82.0 Å². The Kier molecular flexibility index (Phi) is 20.8. The molecule has 3 rings (SSSR count). The Labute approximate surface area is 318 Å². The normalized spacial score (nSPS) is 11.2. The quantitative estimate of drug-likeness (QED) is 0.0458. The molecule has 0 N–H and O–H groups in total. The van der Waals surface area contributed by atoms with E-state index in [0.717, 1.165) is 12.8 Å². The maximum atomic E-state index is 13.4. The highest BCUT2D eigenvalue weighted by Crippen LogP contribution is 2.21. The summed E-state index contributed by atoms with van der Waals surface area (Å²) in [6.07, 6.45) is 28.7. The SMILES string of the molecule is CCCCCCCCCCCCc1ccc(C(=O)c2nc(I)c(C(=O)c3ccc(CCCCCCCCCCCC)cc3)nc2I)cc1. The molecule has 0 fully saturated rings. The topological polar surface area (TPSA) is 59.9 Å². The highest BCUT2D eigenvalue weighted by atomic mass is 127. The first-order chi connectivity index (χ1) is 23.4. The summed E-state index contributed by atoms with van der Waals surface area (Å²) < 4.78 is 0.904. The fourth-order valence-corrected chi connectivity index (χ4v) is 7.45. The van der Waals surface area contributed by atoms with E-state index in [2.05, 4.69) is 48.1 Å². The van der Waals surface area contributed by atoms with Crippen LogP contribution in [0, 0.1) is 7.40 Å². The van der Waals surface area contributed by atoms with Crippen molar-refractivity contribution in [3.63, 3.8) is 0 Å². The Bertz CT molecular complexity index is 1250. The van der Waals surface area contributed by atoms with Crippen molar-refractivity contribution in [3.8, 4) is 0 Å². The van der Waals surface area contributed by atoms with Crippen LogP contribution < -0.4 is 0 Å². The van der Waals surface area contributed by atoms with Gasteiger partial charge in [-0.25, -0.2) is 9.97 Å². The highest BCUT2D eigenvalue weighted by molar-refractivity contribution is 14.1. The maximum Gasteiger partial charge on any atom is 0.214 e. The number of ketones is 2. The van der Waals surface area contributed by atoms with E-state index in [0.29, 0.717) is 29.9 Å². The molecule has 0 bridgehead atoms. The van der Waals surface area contributed by atoms with Crippen molar-refractivity contribution in [2.45, 2.75) is 155 Å². The van der Waals surface area contributed by atoms with Gasteiger partial charge in [0, 0.05) is 11.1 Å². The summed E-state index contributed by atoms with van der Waals surface area (Å²) in [6, 6.07) is 15.8. The van der Waals surface area contributed by atoms with Gasteiger partial charge in [0.2, 0.25) is 11.6 Å². The number of aryl methyl sites for hydroxylation is 2. The first-order valence-electron chi connectivity index (χ1n) is 18.9. The lowest BCUT2D eigenvalue weighted by Crippen LogP contribution is -2.15. The van der Waals surface area contributed by atoms with Gasteiger partial charge in [-0.15, -0.1) is 0 Å². The molecule has 4 nitrogen and oxygen atoms in total. The van der Waals surface area contributed by atoms with Crippen LogP contribution in [0.2, 0.25) is 0 Å². The van der Waals surface area contributed by atoms with Gasteiger partial charge in [-0.3, -0.25) is 9.59 Å². The molecule has 2 aromatic carbocycles. The molecule has 3 aromatic rings. The lowest BCUT2D eigenvalue weighted by atomic mass is 10.0. The predicted octanol–water partition coefficient (Wildman–Crippen LogP) is 13.1. The standard InChI is InChI=1S/C42H58I2N2O2/c1-3-5-7-9-11-13-15-17-19-21-23-33-25-29-35(30-26-33)39(47)37-41(43)46-38(42(44)45-37)40(48)36-31-27-34(28-32-36)24-22-20-18-16-14-12-10-8-6-4-2/h25-32H,3-24H2,1-2H3. The average molecular weight is 877 g/mol. The lowest BCUT2D eigenvalue weighted by Gasteiger charge is -2.09. The molecule has 0 atom stereocenters. The molecule has 0 spiro atoms. The van der Waals surface area contributed by atoms with Gasteiger partial charge in [0.25, 0.3) is 0 Å². The minimum Gasteiger partial charge on any atom is -0.287 e. The number of unbranched alkanes of at least 4 members (excludes halogenated alkanes) is 18. The fraction of sp³-hybridized carbons (Fsp3) is 0.571. The zero-order valence-electron chi connectivity index (χ0n) is 29.6. The largest absolute Gasteiger partial charge is 0.287 e. The van der Waals surface area contributed by atoms with Crippen LogP contribution in [0.1, 0.15) is 185 Å². The molecule has 0 aliphatic rings. The highest BCUT2D eigenvalue weighted by Gasteiger charge is 2.22. The number of nitrogens with zero attached hydrogens (tertiary/aromatic N) is 2. The molecule has 6 heteroatoms.